The van der Waals surface area contributed by atoms with Crippen molar-refractivity contribution >= 4 is 45.7 Å². The van der Waals surface area contributed by atoms with E-state index in [1.54, 1.807) is 42.5 Å². The summed E-state index contributed by atoms with van der Waals surface area (Å²) in [4.78, 5) is 27.5. The molecule has 0 aliphatic rings. The van der Waals surface area contributed by atoms with E-state index in [4.69, 9.17) is 0 Å². The third-order valence-electron chi connectivity index (χ3n) is 4.60. The van der Waals surface area contributed by atoms with Gasteiger partial charge in [0.05, 0.1) is 6.21 Å². The number of carbonyl (C=O) groups is 2. The molecule has 0 aromatic heterocycles. The SMILES string of the molecule is CN(C)c1ccc(/C=C(\NC(=O)c2ccccc2)C(=O)N/N=C\c2cc(O)ccc2Br)cc1. The Morgan fingerprint density at radius 3 is 2.36 bits per heavy atom. The second-order valence-corrected chi connectivity index (χ2v) is 8.12. The van der Waals surface area contributed by atoms with Crippen LogP contribution in [0.2, 0.25) is 0 Å². The van der Waals surface area contributed by atoms with Gasteiger partial charge in [0.25, 0.3) is 11.8 Å². The van der Waals surface area contributed by atoms with Gasteiger partial charge in [0.2, 0.25) is 0 Å². The number of carbonyl (C=O) groups excluding carboxylic acids is 2. The second kappa shape index (κ2) is 11.1. The molecular formula is C25H23BrN4O3. The van der Waals surface area contributed by atoms with Gasteiger partial charge in [0.1, 0.15) is 11.4 Å². The van der Waals surface area contributed by atoms with Gasteiger partial charge in [-0.2, -0.15) is 5.10 Å². The van der Waals surface area contributed by atoms with Gasteiger partial charge >= 0.3 is 0 Å². The number of benzene rings is 3. The number of amides is 2. The number of phenolic OH excluding ortho intramolecular Hbond substituents is 1. The Labute approximate surface area is 200 Å². The van der Waals surface area contributed by atoms with Crippen molar-refractivity contribution < 1.29 is 14.7 Å². The number of phenols is 1. The zero-order valence-corrected chi connectivity index (χ0v) is 19.7. The first-order valence-electron chi connectivity index (χ1n) is 10.0. The second-order valence-electron chi connectivity index (χ2n) is 7.27. The molecule has 0 saturated heterocycles. The molecule has 0 unspecified atom stereocenters. The monoisotopic (exact) mass is 506 g/mol. The van der Waals surface area contributed by atoms with Crippen LogP contribution in [0.1, 0.15) is 21.5 Å². The minimum Gasteiger partial charge on any atom is -0.508 e. The van der Waals surface area contributed by atoms with E-state index < -0.39 is 11.8 Å². The van der Waals surface area contributed by atoms with Crippen LogP contribution in [0.25, 0.3) is 6.08 Å². The summed E-state index contributed by atoms with van der Waals surface area (Å²) in [6, 6.07) is 20.8. The third-order valence-corrected chi connectivity index (χ3v) is 5.32. The third kappa shape index (κ3) is 6.78. The van der Waals surface area contributed by atoms with E-state index in [9.17, 15) is 14.7 Å². The first kappa shape index (κ1) is 23.7. The summed E-state index contributed by atoms with van der Waals surface area (Å²) in [6.07, 6.45) is 2.97. The predicted molar refractivity (Wildman–Crippen MR) is 134 cm³/mol. The van der Waals surface area contributed by atoms with Gasteiger partial charge in [-0.25, -0.2) is 5.43 Å². The lowest BCUT2D eigenvalue weighted by molar-refractivity contribution is -0.117. The Morgan fingerprint density at radius 2 is 1.70 bits per heavy atom. The van der Waals surface area contributed by atoms with Crippen LogP contribution in [-0.4, -0.2) is 37.2 Å². The lowest BCUT2D eigenvalue weighted by Crippen LogP contribution is -2.32. The van der Waals surface area contributed by atoms with E-state index >= 15 is 0 Å². The Kier molecular flexibility index (Phi) is 7.99. The molecule has 3 aromatic rings. The minimum absolute atomic E-state index is 0.0357. The summed E-state index contributed by atoms with van der Waals surface area (Å²) in [6.45, 7) is 0. The van der Waals surface area contributed by atoms with E-state index in [2.05, 4.69) is 31.8 Å². The molecule has 2 amide bonds. The number of rotatable bonds is 7. The normalized spacial score (nSPS) is 11.3. The number of nitrogens with zero attached hydrogens (tertiary/aromatic N) is 2. The Morgan fingerprint density at radius 1 is 1.00 bits per heavy atom. The first-order valence-corrected chi connectivity index (χ1v) is 10.8. The van der Waals surface area contributed by atoms with Crippen LogP contribution in [0.15, 0.2) is 88.1 Å². The van der Waals surface area contributed by atoms with E-state index in [-0.39, 0.29) is 11.4 Å². The highest BCUT2D eigenvalue weighted by molar-refractivity contribution is 9.10. The van der Waals surface area contributed by atoms with Gasteiger partial charge in [0.15, 0.2) is 0 Å². The lowest BCUT2D eigenvalue weighted by Gasteiger charge is -2.12. The molecule has 0 spiro atoms. The van der Waals surface area contributed by atoms with Crippen molar-refractivity contribution in [2.75, 3.05) is 19.0 Å². The molecule has 3 rings (SSSR count). The Hall–Kier alpha value is -3.91. The molecule has 0 radical (unpaired) electrons. The molecule has 7 nitrogen and oxygen atoms in total. The minimum atomic E-state index is -0.594. The van der Waals surface area contributed by atoms with Crippen LogP contribution in [0.5, 0.6) is 5.75 Å². The average Bonchev–Trinajstić information content (AvgIpc) is 2.81. The molecule has 3 N–H and O–H groups in total. The van der Waals surface area contributed by atoms with Crippen molar-refractivity contribution in [3.63, 3.8) is 0 Å². The molecule has 0 aliphatic heterocycles. The van der Waals surface area contributed by atoms with Gasteiger partial charge in [-0.15, -0.1) is 0 Å². The largest absolute Gasteiger partial charge is 0.508 e. The highest BCUT2D eigenvalue weighted by Gasteiger charge is 2.14. The maximum Gasteiger partial charge on any atom is 0.287 e. The van der Waals surface area contributed by atoms with Crippen LogP contribution < -0.4 is 15.6 Å². The molecule has 0 atom stereocenters. The van der Waals surface area contributed by atoms with Gasteiger partial charge in [0, 0.05) is 35.4 Å². The fraction of sp³-hybridized carbons (Fsp3) is 0.0800. The van der Waals surface area contributed by atoms with E-state index in [1.165, 1.54) is 18.3 Å². The molecule has 0 heterocycles. The first-order chi connectivity index (χ1) is 15.8. The average molecular weight is 507 g/mol. The summed E-state index contributed by atoms with van der Waals surface area (Å²) in [5, 5.41) is 16.3. The van der Waals surface area contributed by atoms with Crippen LogP contribution in [0.4, 0.5) is 5.69 Å². The molecule has 168 valence electrons. The molecular weight excluding hydrogens is 484 g/mol. The zero-order valence-electron chi connectivity index (χ0n) is 18.1. The van der Waals surface area contributed by atoms with Crippen LogP contribution in [-0.2, 0) is 4.79 Å². The summed E-state index contributed by atoms with van der Waals surface area (Å²) in [5.41, 5.74) is 5.20. The fourth-order valence-electron chi connectivity index (χ4n) is 2.83. The van der Waals surface area contributed by atoms with Crippen molar-refractivity contribution in [1.29, 1.82) is 0 Å². The Bertz CT molecular complexity index is 1190. The quantitative estimate of drug-likeness (QED) is 0.255. The topological polar surface area (TPSA) is 94.0 Å². The summed E-state index contributed by atoms with van der Waals surface area (Å²) in [5.74, 6) is -0.937. The summed E-state index contributed by atoms with van der Waals surface area (Å²) >= 11 is 3.36. The summed E-state index contributed by atoms with van der Waals surface area (Å²) < 4.78 is 0.701. The van der Waals surface area contributed by atoms with E-state index in [0.29, 0.717) is 15.6 Å². The maximum atomic E-state index is 12.9. The summed E-state index contributed by atoms with van der Waals surface area (Å²) in [7, 11) is 3.87. The highest BCUT2D eigenvalue weighted by Crippen LogP contribution is 2.20. The van der Waals surface area contributed by atoms with Gasteiger partial charge in [-0.3, -0.25) is 9.59 Å². The van der Waals surface area contributed by atoms with Gasteiger partial charge in [-0.1, -0.05) is 46.3 Å². The van der Waals surface area contributed by atoms with Crippen molar-refractivity contribution in [2.24, 2.45) is 5.10 Å². The van der Waals surface area contributed by atoms with Crippen molar-refractivity contribution in [3.8, 4) is 5.75 Å². The lowest BCUT2D eigenvalue weighted by atomic mass is 10.1. The standard InChI is InChI=1S/C25H23BrN4O3/c1-30(2)20-10-8-17(9-11-20)14-23(28-24(32)18-6-4-3-5-7-18)25(33)29-27-16-19-15-21(31)12-13-22(19)26/h3-16,31H,1-2H3,(H,28,32)(H,29,33)/b23-14-,27-16-. The molecule has 0 fully saturated rings. The van der Waals surface area contributed by atoms with Gasteiger partial charge in [-0.05, 0) is 54.1 Å². The molecule has 0 saturated carbocycles. The van der Waals surface area contributed by atoms with E-state index in [1.807, 2.05) is 43.3 Å². The number of nitrogens with one attached hydrogen (secondary N) is 2. The van der Waals surface area contributed by atoms with Crippen LogP contribution >= 0.6 is 15.9 Å². The number of aromatic hydroxyl groups is 1. The number of halogens is 1. The molecule has 33 heavy (non-hydrogen) atoms. The van der Waals surface area contributed by atoms with Crippen molar-refractivity contribution in [3.05, 3.63) is 99.7 Å². The Balaban J connectivity index is 1.83. The smallest absolute Gasteiger partial charge is 0.287 e. The molecule has 8 heteroatoms. The van der Waals surface area contributed by atoms with Gasteiger partial charge < -0.3 is 15.3 Å². The predicted octanol–water partition coefficient (Wildman–Crippen LogP) is 4.14. The number of anilines is 1. The van der Waals surface area contributed by atoms with E-state index in [0.717, 1.165) is 11.3 Å². The number of hydrogen-bond acceptors (Lipinski definition) is 5. The highest BCUT2D eigenvalue weighted by atomic mass is 79.9. The number of hydrazone groups is 1. The van der Waals surface area contributed by atoms with Crippen molar-refractivity contribution in [1.82, 2.24) is 10.7 Å². The zero-order chi connectivity index (χ0) is 23.8. The van der Waals surface area contributed by atoms with Crippen LogP contribution in [0, 0.1) is 0 Å². The molecule has 0 bridgehead atoms. The van der Waals surface area contributed by atoms with Crippen molar-refractivity contribution in [2.45, 2.75) is 0 Å². The maximum absolute atomic E-state index is 12.9. The fourth-order valence-corrected chi connectivity index (χ4v) is 3.18. The van der Waals surface area contributed by atoms with Crippen LogP contribution in [0.3, 0.4) is 0 Å². The molecule has 0 aliphatic carbocycles. The molecule has 3 aromatic carbocycles. The number of hydrogen-bond donors (Lipinski definition) is 3.